The number of nitrogens with one attached hydrogen (secondary N) is 1. The Balaban J connectivity index is 2.42. The molecule has 5 nitrogen and oxygen atoms in total. The monoisotopic (exact) mass is 230 g/mol. The predicted octanol–water partition coefficient (Wildman–Crippen LogP) is 0.664. The highest BCUT2D eigenvalue weighted by Gasteiger charge is 2.24. The van der Waals surface area contributed by atoms with Crippen molar-refractivity contribution >= 4 is 17.3 Å². The summed E-state index contributed by atoms with van der Waals surface area (Å²) in [5.74, 6) is -0.0233. The average Bonchev–Trinajstić information content (AvgIpc) is 2.32. The molecule has 1 aromatic carbocycles. The SMILES string of the molecule is CC(N)CN1C(=O)CNc2ccc(C#N)cc21. The lowest BCUT2D eigenvalue weighted by atomic mass is 10.1. The number of hydrogen-bond donors (Lipinski definition) is 2. The zero-order chi connectivity index (χ0) is 12.4. The second-order valence-corrected chi connectivity index (χ2v) is 4.18. The summed E-state index contributed by atoms with van der Waals surface area (Å²) in [5, 5.41) is 11.9. The molecule has 0 saturated heterocycles. The number of carbonyl (C=O) groups excluding carboxylic acids is 1. The first-order valence-corrected chi connectivity index (χ1v) is 5.46. The summed E-state index contributed by atoms with van der Waals surface area (Å²) < 4.78 is 0. The molecule has 0 saturated carbocycles. The van der Waals surface area contributed by atoms with E-state index < -0.39 is 0 Å². The number of nitrogens with two attached hydrogens (primary N) is 1. The third-order valence-corrected chi connectivity index (χ3v) is 2.62. The summed E-state index contributed by atoms with van der Waals surface area (Å²) in [6, 6.07) is 7.22. The van der Waals surface area contributed by atoms with Gasteiger partial charge in [-0.15, -0.1) is 0 Å². The van der Waals surface area contributed by atoms with Crippen LogP contribution in [-0.2, 0) is 4.79 Å². The largest absolute Gasteiger partial charge is 0.374 e. The molecule has 0 spiro atoms. The number of hydrogen-bond acceptors (Lipinski definition) is 4. The standard InChI is InChI=1S/C12H14N4O/c1-8(14)7-16-11-4-9(5-13)2-3-10(11)15-6-12(16)17/h2-4,8,15H,6-7,14H2,1H3. The number of anilines is 2. The van der Waals surface area contributed by atoms with Crippen LogP contribution in [0.3, 0.4) is 0 Å². The second-order valence-electron chi connectivity index (χ2n) is 4.18. The summed E-state index contributed by atoms with van der Waals surface area (Å²) in [6.07, 6.45) is 0. The molecule has 1 atom stereocenters. The molecular weight excluding hydrogens is 216 g/mol. The van der Waals surface area contributed by atoms with Crippen molar-refractivity contribution in [2.45, 2.75) is 13.0 Å². The van der Waals surface area contributed by atoms with Gasteiger partial charge in [-0.05, 0) is 25.1 Å². The smallest absolute Gasteiger partial charge is 0.246 e. The van der Waals surface area contributed by atoms with E-state index >= 15 is 0 Å². The summed E-state index contributed by atoms with van der Waals surface area (Å²) in [4.78, 5) is 13.5. The summed E-state index contributed by atoms with van der Waals surface area (Å²) in [7, 11) is 0. The summed E-state index contributed by atoms with van der Waals surface area (Å²) >= 11 is 0. The van der Waals surface area contributed by atoms with Gasteiger partial charge in [-0.3, -0.25) is 4.79 Å². The topological polar surface area (TPSA) is 82.2 Å². The minimum absolute atomic E-state index is 0.0233. The highest BCUT2D eigenvalue weighted by Crippen LogP contribution is 2.30. The Morgan fingerprint density at radius 2 is 2.41 bits per heavy atom. The maximum Gasteiger partial charge on any atom is 0.246 e. The highest BCUT2D eigenvalue weighted by molar-refractivity contribution is 6.02. The van der Waals surface area contributed by atoms with Crippen LogP contribution in [0.5, 0.6) is 0 Å². The van der Waals surface area contributed by atoms with Gasteiger partial charge in [0.2, 0.25) is 5.91 Å². The zero-order valence-corrected chi connectivity index (χ0v) is 9.60. The molecule has 88 valence electrons. The molecule has 0 radical (unpaired) electrons. The van der Waals surface area contributed by atoms with Crippen LogP contribution >= 0.6 is 0 Å². The lowest BCUT2D eigenvalue weighted by molar-refractivity contribution is -0.117. The van der Waals surface area contributed by atoms with E-state index in [0.717, 1.165) is 11.4 Å². The summed E-state index contributed by atoms with van der Waals surface area (Å²) in [6.45, 7) is 2.58. The van der Waals surface area contributed by atoms with Gasteiger partial charge in [-0.25, -0.2) is 0 Å². The van der Waals surface area contributed by atoms with E-state index in [4.69, 9.17) is 11.0 Å². The van der Waals surface area contributed by atoms with E-state index in [1.165, 1.54) is 0 Å². The number of carbonyl (C=O) groups is 1. The second kappa shape index (κ2) is 4.44. The third-order valence-electron chi connectivity index (χ3n) is 2.62. The van der Waals surface area contributed by atoms with Gasteiger partial charge in [0.1, 0.15) is 0 Å². The summed E-state index contributed by atoms with van der Waals surface area (Å²) in [5.41, 5.74) is 7.87. The van der Waals surface area contributed by atoms with Crippen molar-refractivity contribution < 1.29 is 4.79 Å². The first-order valence-electron chi connectivity index (χ1n) is 5.46. The maximum atomic E-state index is 11.8. The predicted molar refractivity (Wildman–Crippen MR) is 65.6 cm³/mol. The first kappa shape index (κ1) is 11.4. The molecule has 0 aromatic heterocycles. The molecular formula is C12H14N4O. The fourth-order valence-electron chi connectivity index (χ4n) is 1.86. The van der Waals surface area contributed by atoms with Crippen LogP contribution in [0.1, 0.15) is 12.5 Å². The fourth-order valence-corrected chi connectivity index (χ4v) is 1.86. The Kier molecular flexibility index (Phi) is 2.98. The Morgan fingerprint density at radius 3 is 3.06 bits per heavy atom. The molecule has 17 heavy (non-hydrogen) atoms. The normalized spacial score (nSPS) is 15.8. The van der Waals surface area contributed by atoms with Crippen molar-refractivity contribution in [3.63, 3.8) is 0 Å². The number of amides is 1. The number of nitriles is 1. The van der Waals surface area contributed by atoms with Gasteiger partial charge in [-0.2, -0.15) is 5.26 Å². The van der Waals surface area contributed by atoms with E-state index in [1.54, 1.807) is 17.0 Å². The number of benzene rings is 1. The van der Waals surface area contributed by atoms with E-state index in [-0.39, 0.29) is 18.5 Å². The van der Waals surface area contributed by atoms with E-state index in [1.807, 2.05) is 13.0 Å². The van der Waals surface area contributed by atoms with Crippen molar-refractivity contribution in [3.8, 4) is 6.07 Å². The maximum absolute atomic E-state index is 11.8. The van der Waals surface area contributed by atoms with Crippen LogP contribution in [0.25, 0.3) is 0 Å². The fraction of sp³-hybridized carbons (Fsp3) is 0.333. The van der Waals surface area contributed by atoms with Crippen LogP contribution in [0.4, 0.5) is 11.4 Å². The number of nitrogens with zero attached hydrogens (tertiary/aromatic N) is 2. The number of fused-ring (bicyclic) bond motifs is 1. The van der Waals surface area contributed by atoms with Gasteiger partial charge < -0.3 is 16.0 Å². The van der Waals surface area contributed by atoms with Gasteiger partial charge in [0.05, 0.1) is 29.6 Å². The molecule has 1 heterocycles. The number of rotatable bonds is 2. The Labute approximate surface area is 99.8 Å². The van der Waals surface area contributed by atoms with Gasteiger partial charge in [-0.1, -0.05) is 0 Å². The van der Waals surface area contributed by atoms with Gasteiger partial charge in [0.15, 0.2) is 0 Å². The van der Waals surface area contributed by atoms with Crippen LogP contribution in [0, 0.1) is 11.3 Å². The van der Waals surface area contributed by atoms with E-state index in [9.17, 15) is 4.79 Å². The molecule has 0 fully saturated rings. The van der Waals surface area contributed by atoms with Crippen molar-refractivity contribution in [1.82, 2.24) is 0 Å². The van der Waals surface area contributed by atoms with Crippen LogP contribution in [-0.4, -0.2) is 25.0 Å². The lowest BCUT2D eigenvalue weighted by Crippen LogP contribution is -2.45. The van der Waals surface area contributed by atoms with Crippen molar-refractivity contribution in [1.29, 1.82) is 5.26 Å². The molecule has 1 aliphatic heterocycles. The minimum Gasteiger partial charge on any atom is -0.374 e. The molecule has 2 rings (SSSR count). The highest BCUT2D eigenvalue weighted by atomic mass is 16.2. The average molecular weight is 230 g/mol. The third kappa shape index (κ3) is 2.22. The van der Waals surface area contributed by atoms with Gasteiger partial charge in [0, 0.05) is 12.6 Å². The van der Waals surface area contributed by atoms with Crippen molar-refractivity contribution in [3.05, 3.63) is 23.8 Å². The molecule has 1 amide bonds. The molecule has 3 N–H and O–H groups in total. The Morgan fingerprint density at radius 1 is 1.65 bits per heavy atom. The Bertz CT molecular complexity index is 490. The molecule has 1 aliphatic rings. The van der Waals surface area contributed by atoms with Crippen LogP contribution < -0.4 is 16.0 Å². The molecule has 0 bridgehead atoms. The lowest BCUT2D eigenvalue weighted by Gasteiger charge is -2.31. The first-order chi connectivity index (χ1) is 8.11. The van der Waals surface area contributed by atoms with Gasteiger partial charge in [0.25, 0.3) is 0 Å². The molecule has 5 heteroatoms. The minimum atomic E-state index is -0.101. The molecule has 1 unspecified atom stereocenters. The van der Waals surface area contributed by atoms with Gasteiger partial charge >= 0.3 is 0 Å². The van der Waals surface area contributed by atoms with Crippen molar-refractivity contribution in [2.75, 3.05) is 23.3 Å². The van der Waals surface area contributed by atoms with E-state index in [2.05, 4.69) is 11.4 Å². The van der Waals surface area contributed by atoms with Crippen molar-refractivity contribution in [2.24, 2.45) is 5.73 Å². The quantitative estimate of drug-likeness (QED) is 0.782. The van der Waals surface area contributed by atoms with Crippen LogP contribution in [0.15, 0.2) is 18.2 Å². The van der Waals surface area contributed by atoms with E-state index in [0.29, 0.717) is 12.1 Å². The zero-order valence-electron chi connectivity index (χ0n) is 9.60. The van der Waals surface area contributed by atoms with Crippen LogP contribution in [0.2, 0.25) is 0 Å². The Hall–Kier alpha value is -2.06. The molecule has 0 aliphatic carbocycles. The molecule has 1 aromatic rings.